The Kier molecular flexibility index (Phi) is 6.45. The Hall–Kier alpha value is -2.96. The highest BCUT2D eigenvalue weighted by Crippen LogP contribution is 2.15. The third kappa shape index (κ3) is 6.21. The molecule has 25 heavy (non-hydrogen) atoms. The van der Waals surface area contributed by atoms with E-state index in [4.69, 9.17) is 9.57 Å². The fraction of sp³-hybridized carbons (Fsp3) is 0.222. The van der Waals surface area contributed by atoms with Crippen molar-refractivity contribution in [1.82, 2.24) is 0 Å². The van der Waals surface area contributed by atoms with Gasteiger partial charge in [0.2, 0.25) is 0 Å². The standard InChI is InChI=1S/C18H18F2N2O3/c1-12(2)25-15-6-3-13(4-7-15)11-24-21-10-18(23)22-17-8-5-14(19)9-16(17)20/h3-10,12H,11H2,1-2H3,(H,22,23)/b21-10+. The summed E-state index contributed by atoms with van der Waals surface area (Å²) in [6, 6.07) is 10.1. The summed E-state index contributed by atoms with van der Waals surface area (Å²) in [5, 5.41) is 5.75. The molecule has 0 aliphatic heterocycles. The molecule has 0 aliphatic carbocycles. The Morgan fingerprint density at radius 2 is 1.92 bits per heavy atom. The van der Waals surface area contributed by atoms with Gasteiger partial charge in [-0.25, -0.2) is 8.78 Å². The predicted molar refractivity (Wildman–Crippen MR) is 90.5 cm³/mol. The molecule has 5 nitrogen and oxygen atoms in total. The normalized spacial score (nSPS) is 10.9. The van der Waals surface area contributed by atoms with Crippen molar-refractivity contribution in [2.75, 3.05) is 5.32 Å². The molecule has 2 aromatic rings. The van der Waals surface area contributed by atoms with Gasteiger partial charge in [0.25, 0.3) is 5.91 Å². The zero-order valence-electron chi connectivity index (χ0n) is 13.8. The van der Waals surface area contributed by atoms with Crippen LogP contribution in [0.3, 0.4) is 0 Å². The first-order valence-electron chi connectivity index (χ1n) is 7.61. The van der Waals surface area contributed by atoms with Crippen molar-refractivity contribution in [3.05, 3.63) is 59.7 Å². The quantitative estimate of drug-likeness (QED) is 0.610. The summed E-state index contributed by atoms with van der Waals surface area (Å²) in [5.74, 6) is -1.53. The number of ether oxygens (including phenoxy) is 1. The predicted octanol–water partition coefficient (Wildman–Crippen LogP) is 3.89. The van der Waals surface area contributed by atoms with E-state index in [0.717, 1.165) is 29.7 Å². The van der Waals surface area contributed by atoms with Crippen LogP contribution in [0.25, 0.3) is 0 Å². The Morgan fingerprint density at radius 3 is 2.56 bits per heavy atom. The van der Waals surface area contributed by atoms with Gasteiger partial charge >= 0.3 is 0 Å². The molecule has 0 saturated carbocycles. The molecule has 0 aliphatic rings. The second kappa shape index (κ2) is 8.77. The largest absolute Gasteiger partial charge is 0.491 e. The van der Waals surface area contributed by atoms with Crippen LogP contribution in [0.4, 0.5) is 14.5 Å². The van der Waals surface area contributed by atoms with Crippen LogP contribution in [-0.2, 0) is 16.2 Å². The number of amides is 1. The summed E-state index contributed by atoms with van der Waals surface area (Å²) in [6.07, 6.45) is 0.968. The van der Waals surface area contributed by atoms with Crippen molar-refractivity contribution in [3.8, 4) is 5.75 Å². The van der Waals surface area contributed by atoms with E-state index in [2.05, 4.69) is 10.5 Å². The van der Waals surface area contributed by atoms with Gasteiger partial charge in [-0.15, -0.1) is 0 Å². The molecular weight excluding hydrogens is 330 g/mol. The minimum absolute atomic E-state index is 0.0937. The number of halogens is 2. The number of hydrogen-bond donors (Lipinski definition) is 1. The van der Waals surface area contributed by atoms with E-state index < -0.39 is 17.5 Å². The molecule has 1 amide bonds. The van der Waals surface area contributed by atoms with Crippen LogP contribution in [0.1, 0.15) is 19.4 Å². The summed E-state index contributed by atoms with van der Waals surface area (Å²) >= 11 is 0. The number of oxime groups is 1. The second-order valence-electron chi connectivity index (χ2n) is 5.43. The van der Waals surface area contributed by atoms with Crippen molar-refractivity contribution < 1.29 is 23.1 Å². The van der Waals surface area contributed by atoms with E-state index in [-0.39, 0.29) is 18.4 Å². The van der Waals surface area contributed by atoms with E-state index in [1.165, 1.54) is 0 Å². The highest BCUT2D eigenvalue weighted by atomic mass is 19.1. The van der Waals surface area contributed by atoms with Gasteiger partial charge in [0, 0.05) is 6.07 Å². The summed E-state index contributed by atoms with van der Waals surface area (Å²) < 4.78 is 31.7. The molecule has 0 unspecified atom stereocenters. The summed E-state index contributed by atoms with van der Waals surface area (Å²) in [6.45, 7) is 4.04. The van der Waals surface area contributed by atoms with Crippen LogP contribution >= 0.6 is 0 Å². The molecule has 1 N–H and O–H groups in total. The van der Waals surface area contributed by atoms with E-state index >= 15 is 0 Å². The number of carbonyl (C=O) groups is 1. The summed E-state index contributed by atoms with van der Waals surface area (Å²) in [4.78, 5) is 16.6. The minimum atomic E-state index is -0.869. The number of anilines is 1. The topological polar surface area (TPSA) is 59.9 Å². The first kappa shape index (κ1) is 18.4. The average molecular weight is 348 g/mol. The minimum Gasteiger partial charge on any atom is -0.491 e. The van der Waals surface area contributed by atoms with Gasteiger partial charge in [0.15, 0.2) is 0 Å². The summed E-state index contributed by atoms with van der Waals surface area (Å²) in [7, 11) is 0. The van der Waals surface area contributed by atoms with Crippen molar-refractivity contribution in [2.24, 2.45) is 5.16 Å². The maximum Gasteiger partial charge on any atom is 0.270 e. The molecule has 0 atom stereocenters. The van der Waals surface area contributed by atoms with Crippen LogP contribution in [0.2, 0.25) is 0 Å². The fourth-order valence-electron chi connectivity index (χ4n) is 1.89. The SMILES string of the molecule is CC(C)Oc1ccc(CO/N=C/C(=O)Nc2ccc(F)cc2F)cc1. The highest BCUT2D eigenvalue weighted by Gasteiger charge is 2.06. The van der Waals surface area contributed by atoms with E-state index in [1.807, 2.05) is 38.1 Å². The average Bonchev–Trinajstić information content (AvgIpc) is 2.55. The van der Waals surface area contributed by atoms with Crippen molar-refractivity contribution >= 4 is 17.8 Å². The van der Waals surface area contributed by atoms with Crippen LogP contribution < -0.4 is 10.1 Å². The molecule has 0 heterocycles. The molecule has 0 spiro atoms. The first-order valence-corrected chi connectivity index (χ1v) is 7.61. The number of rotatable bonds is 7. The Balaban J connectivity index is 1.79. The number of carbonyl (C=O) groups excluding carboxylic acids is 1. The Bertz CT molecular complexity index is 746. The molecule has 2 rings (SSSR count). The van der Waals surface area contributed by atoms with E-state index in [0.29, 0.717) is 6.07 Å². The molecule has 0 radical (unpaired) electrons. The molecule has 132 valence electrons. The number of nitrogens with zero attached hydrogens (tertiary/aromatic N) is 1. The summed E-state index contributed by atoms with van der Waals surface area (Å²) in [5.41, 5.74) is 0.705. The van der Waals surface area contributed by atoms with Gasteiger partial charge in [-0.05, 0) is 43.7 Å². The molecular formula is C18H18F2N2O3. The zero-order chi connectivity index (χ0) is 18.2. The molecule has 0 bridgehead atoms. The lowest BCUT2D eigenvalue weighted by Crippen LogP contribution is -2.14. The van der Waals surface area contributed by atoms with Crippen LogP contribution in [-0.4, -0.2) is 18.2 Å². The van der Waals surface area contributed by atoms with Crippen molar-refractivity contribution in [1.29, 1.82) is 0 Å². The molecule has 0 saturated heterocycles. The molecule has 0 aromatic heterocycles. The van der Waals surface area contributed by atoms with Gasteiger partial charge in [0.1, 0.15) is 30.2 Å². The van der Waals surface area contributed by atoms with Gasteiger partial charge in [0.05, 0.1) is 11.8 Å². The monoisotopic (exact) mass is 348 g/mol. The lowest BCUT2D eigenvalue weighted by atomic mass is 10.2. The van der Waals surface area contributed by atoms with Crippen molar-refractivity contribution in [2.45, 2.75) is 26.6 Å². The third-order valence-electron chi connectivity index (χ3n) is 2.96. The van der Waals surface area contributed by atoms with Gasteiger partial charge in [-0.1, -0.05) is 17.3 Å². The molecule has 0 fully saturated rings. The maximum absolute atomic E-state index is 13.4. The Labute approximate surface area is 144 Å². The molecule has 7 heteroatoms. The number of benzene rings is 2. The Morgan fingerprint density at radius 1 is 1.20 bits per heavy atom. The lowest BCUT2D eigenvalue weighted by molar-refractivity contribution is -0.110. The van der Waals surface area contributed by atoms with Crippen molar-refractivity contribution in [3.63, 3.8) is 0 Å². The number of hydrogen-bond acceptors (Lipinski definition) is 4. The van der Waals surface area contributed by atoms with Crippen LogP contribution in [0, 0.1) is 11.6 Å². The van der Waals surface area contributed by atoms with E-state index in [1.54, 1.807) is 0 Å². The van der Waals surface area contributed by atoms with Gasteiger partial charge in [-0.2, -0.15) is 0 Å². The number of nitrogens with one attached hydrogen (secondary N) is 1. The first-order chi connectivity index (χ1) is 11.9. The van der Waals surface area contributed by atoms with Gasteiger partial charge in [-0.3, -0.25) is 4.79 Å². The van der Waals surface area contributed by atoms with Crippen LogP contribution in [0.5, 0.6) is 5.75 Å². The highest BCUT2D eigenvalue weighted by molar-refractivity contribution is 6.31. The smallest absolute Gasteiger partial charge is 0.270 e. The maximum atomic E-state index is 13.4. The molecule has 2 aromatic carbocycles. The third-order valence-corrected chi connectivity index (χ3v) is 2.96. The zero-order valence-corrected chi connectivity index (χ0v) is 13.8. The van der Waals surface area contributed by atoms with Crippen LogP contribution in [0.15, 0.2) is 47.6 Å². The lowest BCUT2D eigenvalue weighted by Gasteiger charge is -2.09. The van der Waals surface area contributed by atoms with Gasteiger partial charge < -0.3 is 14.9 Å². The van der Waals surface area contributed by atoms with E-state index in [9.17, 15) is 13.6 Å². The fourth-order valence-corrected chi connectivity index (χ4v) is 1.89. The second-order valence-corrected chi connectivity index (χ2v) is 5.43.